The van der Waals surface area contributed by atoms with Crippen LogP contribution in [0.5, 0.6) is 11.5 Å². The van der Waals surface area contributed by atoms with Crippen molar-refractivity contribution in [3.63, 3.8) is 0 Å². The van der Waals surface area contributed by atoms with Crippen LogP contribution in [0.4, 0.5) is 4.79 Å². The van der Waals surface area contributed by atoms with E-state index in [9.17, 15) is 14.4 Å². The highest BCUT2D eigenvalue weighted by Crippen LogP contribution is 2.39. The highest BCUT2D eigenvalue weighted by Gasteiger charge is 2.37. The van der Waals surface area contributed by atoms with E-state index in [0.717, 1.165) is 37.8 Å². The summed E-state index contributed by atoms with van der Waals surface area (Å²) in [4.78, 5) is 41.8. The third-order valence-corrected chi connectivity index (χ3v) is 8.48. The number of fused-ring (bicyclic) bond motifs is 1. The SMILES string of the molecule is CCOc1cc(/C=C2\SC(=O)N(CC(=O)N3CCc4ccccc4C3)C2=O)cc(Cl)c1OCc1ccc(I)cc1. The highest BCUT2D eigenvalue weighted by atomic mass is 127. The summed E-state index contributed by atoms with van der Waals surface area (Å²) in [6.07, 6.45) is 2.33. The minimum absolute atomic E-state index is 0.216. The standard InChI is InChI=1S/C30H26ClIN2O5S/c1-2-38-25-14-20(13-24(31)28(25)39-18-19-7-9-23(32)10-8-19)15-26-29(36)34(30(37)40-26)17-27(35)33-12-11-21-5-3-4-6-22(21)16-33/h3-10,13-15H,2,11-12,16-18H2,1H3/b26-15-. The number of benzene rings is 3. The van der Waals surface area contributed by atoms with Gasteiger partial charge in [-0.15, -0.1) is 0 Å². The number of amides is 3. The summed E-state index contributed by atoms with van der Waals surface area (Å²) in [6.45, 7) is 3.29. The van der Waals surface area contributed by atoms with Crippen LogP contribution < -0.4 is 9.47 Å². The molecule has 7 nitrogen and oxygen atoms in total. The lowest BCUT2D eigenvalue weighted by molar-refractivity contribution is -0.136. The minimum atomic E-state index is -0.506. The van der Waals surface area contributed by atoms with E-state index in [1.807, 2.05) is 49.4 Å². The van der Waals surface area contributed by atoms with Gasteiger partial charge in [-0.25, -0.2) is 0 Å². The van der Waals surface area contributed by atoms with Crippen molar-refractivity contribution in [2.45, 2.75) is 26.5 Å². The van der Waals surface area contributed by atoms with Gasteiger partial charge in [0.15, 0.2) is 11.5 Å². The molecule has 206 valence electrons. The van der Waals surface area contributed by atoms with Crippen molar-refractivity contribution in [1.29, 1.82) is 0 Å². The largest absolute Gasteiger partial charge is 0.490 e. The Bertz CT molecular complexity index is 1490. The summed E-state index contributed by atoms with van der Waals surface area (Å²) in [5, 5.41) is -0.155. The maximum Gasteiger partial charge on any atom is 0.294 e. The molecule has 10 heteroatoms. The molecule has 0 saturated carbocycles. The van der Waals surface area contributed by atoms with Crippen LogP contribution in [0.1, 0.15) is 29.2 Å². The summed E-state index contributed by atoms with van der Waals surface area (Å²) in [7, 11) is 0. The predicted octanol–water partition coefficient (Wildman–Crippen LogP) is 6.54. The first-order valence-electron chi connectivity index (χ1n) is 12.8. The first-order chi connectivity index (χ1) is 19.3. The van der Waals surface area contributed by atoms with Crippen LogP contribution in [0.15, 0.2) is 65.6 Å². The molecule has 1 saturated heterocycles. The second-order valence-electron chi connectivity index (χ2n) is 9.28. The zero-order valence-corrected chi connectivity index (χ0v) is 25.4. The first-order valence-corrected chi connectivity index (χ1v) is 15.0. The molecule has 3 amide bonds. The van der Waals surface area contributed by atoms with Crippen molar-refractivity contribution in [2.75, 3.05) is 19.7 Å². The molecular weight excluding hydrogens is 663 g/mol. The van der Waals surface area contributed by atoms with Crippen LogP contribution in [-0.4, -0.2) is 46.5 Å². The van der Waals surface area contributed by atoms with E-state index in [-0.39, 0.29) is 17.4 Å². The fraction of sp³-hybridized carbons (Fsp3) is 0.233. The smallest absolute Gasteiger partial charge is 0.294 e. The summed E-state index contributed by atoms with van der Waals surface area (Å²) >= 11 is 9.63. The maximum atomic E-state index is 13.1. The van der Waals surface area contributed by atoms with Gasteiger partial charge >= 0.3 is 0 Å². The lowest BCUT2D eigenvalue weighted by Crippen LogP contribution is -2.44. The number of carbonyl (C=O) groups is 3. The second kappa shape index (κ2) is 12.7. The molecule has 5 rings (SSSR count). The molecule has 2 heterocycles. The number of ether oxygens (including phenoxy) is 2. The van der Waals surface area contributed by atoms with Gasteiger partial charge in [-0.05, 0) is 100 Å². The van der Waals surface area contributed by atoms with Crippen LogP contribution >= 0.6 is 46.0 Å². The van der Waals surface area contributed by atoms with Gasteiger partial charge < -0.3 is 14.4 Å². The fourth-order valence-corrected chi connectivity index (χ4v) is 6.01. The molecule has 0 bridgehead atoms. The third-order valence-electron chi connectivity index (χ3n) is 6.58. The number of halogens is 2. The van der Waals surface area contributed by atoms with E-state index in [4.69, 9.17) is 21.1 Å². The van der Waals surface area contributed by atoms with Crippen molar-refractivity contribution in [3.8, 4) is 11.5 Å². The van der Waals surface area contributed by atoms with E-state index in [0.29, 0.717) is 48.4 Å². The summed E-state index contributed by atoms with van der Waals surface area (Å²) in [5.74, 6) is 0.0795. The van der Waals surface area contributed by atoms with Gasteiger partial charge in [0.25, 0.3) is 11.1 Å². The number of hydrogen-bond acceptors (Lipinski definition) is 6. The van der Waals surface area contributed by atoms with Crippen molar-refractivity contribution in [2.24, 2.45) is 0 Å². The average Bonchev–Trinajstić information content (AvgIpc) is 3.20. The lowest BCUT2D eigenvalue weighted by Gasteiger charge is -2.29. The highest BCUT2D eigenvalue weighted by molar-refractivity contribution is 14.1. The average molecular weight is 689 g/mol. The van der Waals surface area contributed by atoms with E-state index in [1.165, 1.54) is 5.56 Å². The normalized spacial score (nSPS) is 15.9. The Morgan fingerprint density at radius 3 is 2.58 bits per heavy atom. The molecule has 0 aliphatic carbocycles. The number of thioether (sulfide) groups is 1. The molecule has 0 spiro atoms. The van der Waals surface area contributed by atoms with Gasteiger partial charge in [0.1, 0.15) is 13.2 Å². The zero-order chi connectivity index (χ0) is 28.2. The van der Waals surface area contributed by atoms with Crippen molar-refractivity contribution < 1.29 is 23.9 Å². The fourth-order valence-electron chi connectivity index (χ4n) is 4.54. The van der Waals surface area contributed by atoms with Crippen LogP contribution in [0, 0.1) is 3.57 Å². The van der Waals surface area contributed by atoms with Crippen molar-refractivity contribution >= 4 is 69.1 Å². The monoisotopic (exact) mass is 688 g/mol. The molecular formula is C30H26ClIN2O5S. The molecule has 3 aromatic rings. The van der Waals surface area contributed by atoms with Crippen LogP contribution in [-0.2, 0) is 29.2 Å². The van der Waals surface area contributed by atoms with Gasteiger partial charge in [-0.2, -0.15) is 0 Å². The number of hydrogen-bond donors (Lipinski definition) is 0. The van der Waals surface area contributed by atoms with Crippen molar-refractivity contribution in [1.82, 2.24) is 9.80 Å². The number of carbonyl (C=O) groups excluding carboxylic acids is 3. The molecule has 3 aromatic carbocycles. The number of imide groups is 1. The quantitative estimate of drug-likeness (QED) is 0.198. The minimum Gasteiger partial charge on any atom is -0.490 e. The van der Waals surface area contributed by atoms with Gasteiger partial charge in [0, 0.05) is 16.7 Å². The number of rotatable bonds is 8. The molecule has 1 fully saturated rings. The number of nitrogens with zero attached hydrogens (tertiary/aromatic N) is 2. The Labute approximate surface area is 255 Å². The van der Waals surface area contributed by atoms with Crippen LogP contribution in [0.2, 0.25) is 5.02 Å². The molecule has 2 aliphatic rings. The Balaban J connectivity index is 1.29. The second-order valence-corrected chi connectivity index (χ2v) is 11.9. The Morgan fingerprint density at radius 2 is 1.82 bits per heavy atom. The summed E-state index contributed by atoms with van der Waals surface area (Å²) < 4.78 is 12.9. The Kier molecular flexibility index (Phi) is 9.02. The Morgan fingerprint density at radius 1 is 1.07 bits per heavy atom. The van der Waals surface area contributed by atoms with Crippen LogP contribution in [0.25, 0.3) is 6.08 Å². The van der Waals surface area contributed by atoms with Crippen LogP contribution in [0.3, 0.4) is 0 Å². The van der Waals surface area contributed by atoms with Crippen molar-refractivity contribution in [3.05, 3.63) is 96.4 Å². The molecule has 0 unspecified atom stereocenters. The molecule has 0 N–H and O–H groups in total. The molecule has 40 heavy (non-hydrogen) atoms. The predicted molar refractivity (Wildman–Crippen MR) is 164 cm³/mol. The molecule has 0 atom stereocenters. The van der Waals surface area contributed by atoms with E-state index < -0.39 is 11.1 Å². The van der Waals surface area contributed by atoms with E-state index in [1.54, 1.807) is 23.1 Å². The molecule has 2 aliphatic heterocycles. The maximum absolute atomic E-state index is 13.1. The third kappa shape index (κ3) is 6.47. The molecule has 0 radical (unpaired) electrons. The van der Waals surface area contributed by atoms with E-state index >= 15 is 0 Å². The Hall–Kier alpha value is -3.02. The zero-order valence-electron chi connectivity index (χ0n) is 21.7. The van der Waals surface area contributed by atoms with Gasteiger partial charge in [0.2, 0.25) is 5.91 Å². The molecule has 0 aromatic heterocycles. The van der Waals surface area contributed by atoms with E-state index in [2.05, 4.69) is 28.7 Å². The summed E-state index contributed by atoms with van der Waals surface area (Å²) in [6, 6.07) is 19.3. The van der Waals surface area contributed by atoms with Gasteiger partial charge in [-0.1, -0.05) is 48.0 Å². The van der Waals surface area contributed by atoms with Gasteiger partial charge in [-0.3, -0.25) is 19.3 Å². The lowest BCUT2D eigenvalue weighted by atomic mass is 10.00. The topological polar surface area (TPSA) is 76.2 Å². The summed E-state index contributed by atoms with van der Waals surface area (Å²) in [5.41, 5.74) is 3.88. The van der Waals surface area contributed by atoms with Gasteiger partial charge in [0.05, 0.1) is 16.5 Å². The first kappa shape index (κ1) is 28.5.